The zero-order chi connectivity index (χ0) is 17.3. The first-order valence-corrected chi connectivity index (χ1v) is 9.98. The molecule has 0 aliphatic carbocycles. The second kappa shape index (κ2) is 9.42. The van der Waals surface area contributed by atoms with Crippen LogP contribution in [0.1, 0.15) is 36.7 Å². The maximum absolute atomic E-state index is 4.46. The first-order chi connectivity index (χ1) is 12.4. The third-order valence-electron chi connectivity index (χ3n) is 4.13. The predicted octanol–water partition coefficient (Wildman–Crippen LogP) is 5.00. The Morgan fingerprint density at radius 3 is 2.24 bits per heavy atom. The topological polar surface area (TPSA) is 30.7 Å². The number of aromatic nitrogens is 3. The average Bonchev–Trinajstić information content (AvgIpc) is 3.03. The lowest BCUT2D eigenvalue weighted by atomic mass is 10.1. The zero-order valence-corrected chi connectivity index (χ0v) is 15.6. The number of hydrogen-bond donors (Lipinski definition) is 0. The summed E-state index contributed by atoms with van der Waals surface area (Å²) in [5, 5.41) is 9.97. The minimum atomic E-state index is 0.846. The summed E-state index contributed by atoms with van der Waals surface area (Å²) in [6.45, 7) is 3.19. The summed E-state index contributed by atoms with van der Waals surface area (Å²) in [6, 6.07) is 21.2. The molecule has 0 bridgehead atoms. The molecule has 0 amide bonds. The molecule has 0 spiro atoms. The molecule has 3 nitrogen and oxygen atoms in total. The molecule has 0 N–H and O–H groups in total. The van der Waals surface area contributed by atoms with Crippen LogP contribution in [-0.4, -0.2) is 20.5 Å². The lowest BCUT2D eigenvalue weighted by Crippen LogP contribution is -2.06. The Hall–Kier alpha value is -2.07. The number of nitrogens with zero attached hydrogens (tertiary/aromatic N) is 3. The highest BCUT2D eigenvalue weighted by Gasteiger charge is 2.12. The number of hydrogen-bond acceptors (Lipinski definition) is 3. The largest absolute Gasteiger partial charge is 0.306 e. The molecular weight excluding hydrogens is 326 g/mol. The standard InChI is InChI=1S/C21H25N3S/c1-2-15-24-20(17-19-12-7-4-8-13-19)22-23-21(24)25-16-9-14-18-10-5-3-6-11-18/h3-8,10-13H,2,9,14-17H2,1H3. The molecule has 4 heteroatoms. The van der Waals surface area contributed by atoms with Gasteiger partial charge in [0, 0.05) is 18.7 Å². The van der Waals surface area contributed by atoms with E-state index in [0.29, 0.717) is 0 Å². The third-order valence-corrected chi connectivity index (χ3v) is 5.18. The molecule has 0 saturated carbocycles. The van der Waals surface area contributed by atoms with Gasteiger partial charge in [-0.2, -0.15) is 0 Å². The lowest BCUT2D eigenvalue weighted by molar-refractivity contribution is 0.597. The van der Waals surface area contributed by atoms with E-state index in [9.17, 15) is 0 Å². The minimum absolute atomic E-state index is 0.846. The van der Waals surface area contributed by atoms with Crippen molar-refractivity contribution in [3.05, 3.63) is 77.6 Å². The molecule has 1 heterocycles. The summed E-state index contributed by atoms with van der Waals surface area (Å²) in [5.41, 5.74) is 2.69. The van der Waals surface area contributed by atoms with Crippen LogP contribution in [-0.2, 0) is 19.4 Å². The lowest BCUT2D eigenvalue weighted by Gasteiger charge is -2.09. The second-order valence-electron chi connectivity index (χ2n) is 6.15. The first kappa shape index (κ1) is 17.7. The van der Waals surface area contributed by atoms with E-state index in [0.717, 1.165) is 49.0 Å². The van der Waals surface area contributed by atoms with Gasteiger partial charge in [-0.1, -0.05) is 79.3 Å². The van der Waals surface area contributed by atoms with E-state index in [1.165, 1.54) is 11.1 Å². The molecular formula is C21H25N3S. The average molecular weight is 352 g/mol. The van der Waals surface area contributed by atoms with Crippen molar-refractivity contribution in [3.8, 4) is 0 Å². The fraction of sp³-hybridized carbons (Fsp3) is 0.333. The van der Waals surface area contributed by atoms with Gasteiger partial charge in [0.2, 0.25) is 0 Å². The quantitative estimate of drug-likeness (QED) is 0.401. The summed E-state index contributed by atoms with van der Waals surface area (Å²) < 4.78 is 2.29. The summed E-state index contributed by atoms with van der Waals surface area (Å²) in [7, 11) is 0. The van der Waals surface area contributed by atoms with E-state index in [4.69, 9.17) is 0 Å². The maximum Gasteiger partial charge on any atom is 0.191 e. The Morgan fingerprint density at radius 2 is 1.56 bits per heavy atom. The van der Waals surface area contributed by atoms with Crippen molar-refractivity contribution in [1.29, 1.82) is 0 Å². The molecule has 0 unspecified atom stereocenters. The molecule has 2 aromatic carbocycles. The molecule has 0 saturated heterocycles. The SMILES string of the molecule is CCCn1c(Cc2ccccc2)nnc1SCCCc1ccccc1. The second-order valence-corrected chi connectivity index (χ2v) is 7.21. The normalized spacial score (nSPS) is 10.9. The summed E-state index contributed by atoms with van der Waals surface area (Å²) in [5.74, 6) is 2.14. The van der Waals surface area contributed by atoms with Crippen LogP contribution in [0.25, 0.3) is 0 Å². The highest BCUT2D eigenvalue weighted by atomic mass is 32.2. The van der Waals surface area contributed by atoms with E-state index >= 15 is 0 Å². The van der Waals surface area contributed by atoms with Gasteiger partial charge >= 0.3 is 0 Å². The summed E-state index contributed by atoms with van der Waals surface area (Å²) in [4.78, 5) is 0. The summed E-state index contributed by atoms with van der Waals surface area (Å²) >= 11 is 1.83. The van der Waals surface area contributed by atoms with Crippen molar-refractivity contribution < 1.29 is 0 Å². The fourth-order valence-electron chi connectivity index (χ4n) is 2.87. The Bertz CT molecular complexity index is 753. The minimum Gasteiger partial charge on any atom is -0.306 e. The van der Waals surface area contributed by atoms with Crippen molar-refractivity contribution in [1.82, 2.24) is 14.8 Å². The smallest absolute Gasteiger partial charge is 0.191 e. The van der Waals surface area contributed by atoms with Gasteiger partial charge in [-0.25, -0.2) is 0 Å². The molecule has 25 heavy (non-hydrogen) atoms. The van der Waals surface area contributed by atoms with Gasteiger partial charge in [0.05, 0.1) is 0 Å². The number of thioether (sulfide) groups is 1. The van der Waals surface area contributed by atoms with Gasteiger partial charge in [0.1, 0.15) is 5.82 Å². The Morgan fingerprint density at radius 1 is 0.880 bits per heavy atom. The molecule has 3 aromatic rings. The van der Waals surface area contributed by atoms with Gasteiger partial charge in [-0.15, -0.1) is 10.2 Å². The van der Waals surface area contributed by atoms with E-state index in [1.807, 2.05) is 17.8 Å². The van der Waals surface area contributed by atoms with Crippen LogP contribution >= 0.6 is 11.8 Å². The molecule has 130 valence electrons. The number of aryl methyl sites for hydroxylation is 1. The molecule has 1 aromatic heterocycles. The molecule has 0 aliphatic rings. The van der Waals surface area contributed by atoms with Gasteiger partial charge in [0.25, 0.3) is 0 Å². The first-order valence-electron chi connectivity index (χ1n) is 8.99. The highest BCUT2D eigenvalue weighted by Crippen LogP contribution is 2.21. The van der Waals surface area contributed by atoms with Crippen molar-refractivity contribution in [2.75, 3.05) is 5.75 Å². The van der Waals surface area contributed by atoms with Gasteiger partial charge in [-0.05, 0) is 30.4 Å². The van der Waals surface area contributed by atoms with Crippen molar-refractivity contribution in [3.63, 3.8) is 0 Å². The van der Waals surface area contributed by atoms with Crippen LogP contribution < -0.4 is 0 Å². The van der Waals surface area contributed by atoms with E-state index < -0.39 is 0 Å². The Labute approximate surface area is 154 Å². The van der Waals surface area contributed by atoms with Gasteiger partial charge in [0.15, 0.2) is 5.16 Å². The Kier molecular flexibility index (Phi) is 6.69. The highest BCUT2D eigenvalue weighted by molar-refractivity contribution is 7.99. The van der Waals surface area contributed by atoms with Crippen LogP contribution in [0.2, 0.25) is 0 Å². The Balaban J connectivity index is 1.59. The summed E-state index contributed by atoms with van der Waals surface area (Å²) in [6.07, 6.45) is 4.21. The molecule has 3 rings (SSSR count). The molecule has 0 radical (unpaired) electrons. The van der Waals surface area contributed by atoms with Gasteiger partial charge < -0.3 is 4.57 Å². The molecule has 0 atom stereocenters. The van der Waals surface area contributed by atoms with Crippen LogP contribution in [0.3, 0.4) is 0 Å². The van der Waals surface area contributed by atoms with Crippen LogP contribution in [0.5, 0.6) is 0 Å². The predicted molar refractivity (Wildman–Crippen MR) is 105 cm³/mol. The zero-order valence-electron chi connectivity index (χ0n) is 14.8. The third kappa shape index (κ3) is 5.20. The maximum atomic E-state index is 4.46. The number of benzene rings is 2. The van der Waals surface area contributed by atoms with E-state index in [1.54, 1.807) is 0 Å². The van der Waals surface area contributed by atoms with Crippen LogP contribution in [0.15, 0.2) is 65.8 Å². The number of rotatable bonds is 9. The van der Waals surface area contributed by atoms with Gasteiger partial charge in [-0.3, -0.25) is 0 Å². The van der Waals surface area contributed by atoms with Crippen LogP contribution in [0.4, 0.5) is 0 Å². The fourth-order valence-corrected chi connectivity index (χ4v) is 3.79. The van der Waals surface area contributed by atoms with E-state index in [-0.39, 0.29) is 0 Å². The van der Waals surface area contributed by atoms with Crippen molar-refractivity contribution in [2.24, 2.45) is 0 Å². The van der Waals surface area contributed by atoms with Crippen LogP contribution in [0, 0.1) is 0 Å². The van der Waals surface area contributed by atoms with Crippen molar-refractivity contribution >= 4 is 11.8 Å². The monoisotopic (exact) mass is 351 g/mol. The molecule has 0 fully saturated rings. The van der Waals surface area contributed by atoms with E-state index in [2.05, 4.69) is 76.3 Å². The van der Waals surface area contributed by atoms with Crippen molar-refractivity contribution in [2.45, 2.75) is 44.3 Å². The molecule has 0 aliphatic heterocycles.